The van der Waals surface area contributed by atoms with Gasteiger partial charge in [-0.25, -0.2) is 4.98 Å². The lowest BCUT2D eigenvalue weighted by atomic mass is 10.1. The van der Waals surface area contributed by atoms with E-state index in [1.54, 1.807) is 36.5 Å². The number of aryl methyl sites for hydroxylation is 2. The molecule has 0 radical (unpaired) electrons. The van der Waals surface area contributed by atoms with E-state index >= 15 is 0 Å². The van der Waals surface area contributed by atoms with Crippen LogP contribution in [0.2, 0.25) is 10.0 Å². The standard InChI is InChI=1S/C43H43Cl2N3O4/c1-30-7-6-10-40(32(30)3)50-24-19-33-11-13-34(14-12-33)28-47-20-22-48(23-21-47)42(49)18-15-35-25-31(2)43(39(45)26-35)52-41-17-16-37(27-46-41)51-29-36-8-4-5-9-38(36)44/h4-18,25-27H,19-24,28-29H2,1-3H3. The van der Waals surface area contributed by atoms with Crippen LogP contribution >= 0.6 is 23.2 Å². The average Bonchev–Trinajstić information content (AvgIpc) is 3.15. The average molecular weight is 737 g/mol. The van der Waals surface area contributed by atoms with E-state index in [1.807, 2.05) is 54.3 Å². The Morgan fingerprint density at radius 3 is 2.31 bits per heavy atom. The number of halogens is 2. The molecule has 1 fully saturated rings. The summed E-state index contributed by atoms with van der Waals surface area (Å²) < 4.78 is 17.9. The molecule has 1 amide bonds. The number of rotatable bonds is 13. The Balaban J connectivity index is 0.937. The third-order valence-corrected chi connectivity index (χ3v) is 9.90. The van der Waals surface area contributed by atoms with E-state index in [1.165, 1.54) is 22.3 Å². The number of ether oxygens (including phenoxy) is 3. The largest absolute Gasteiger partial charge is 0.493 e. The normalized spacial score (nSPS) is 13.4. The minimum absolute atomic E-state index is 0.0118. The zero-order valence-electron chi connectivity index (χ0n) is 29.8. The predicted octanol–water partition coefficient (Wildman–Crippen LogP) is 9.66. The van der Waals surface area contributed by atoms with Crippen LogP contribution in [-0.2, 0) is 24.4 Å². The first-order valence-corrected chi connectivity index (χ1v) is 18.2. The molecule has 4 aromatic carbocycles. The second-order valence-corrected chi connectivity index (χ2v) is 13.8. The Kier molecular flexibility index (Phi) is 12.5. The van der Waals surface area contributed by atoms with Gasteiger partial charge in [0.2, 0.25) is 11.8 Å². The zero-order valence-corrected chi connectivity index (χ0v) is 31.3. The number of piperazine rings is 1. The maximum Gasteiger partial charge on any atom is 0.246 e. The fourth-order valence-electron chi connectivity index (χ4n) is 6.00. The molecule has 7 nitrogen and oxygen atoms in total. The lowest BCUT2D eigenvalue weighted by Gasteiger charge is -2.34. The quantitative estimate of drug-likeness (QED) is 0.112. The van der Waals surface area contributed by atoms with Crippen LogP contribution in [0.4, 0.5) is 0 Å². The van der Waals surface area contributed by atoms with Gasteiger partial charge < -0.3 is 19.1 Å². The van der Waals surface area contributed by atoms with E-state index in [9.17, 15) is 4.79 Å². The molecular formula is C43H43Cl2N3O4. The summed E-state index contributed by atoms with van der Waals surface area (Å²) >= 11 is 12.8. The van der Waals surface area contributed by atoms with E-state index in [4.69, 9.17) is 37.4 Å². The molecule has 2 heterocycles. The molecular weight excluding hydrogens is 693 g/mol. The van der Waals surface area contributed by atoms with E-state index < -0.39 is 0 Å². The predicted molar refractivity (Wildman–Crippen MR) is 209 cm³/mol. The Morgan fingerprint density at radius 2 is 1.58 bits per heavy atom. The Bertz CT molecular complexity index is 1980. The molecule has 1 aliphatic rings. The molecule has 0 N–H and O–H groups in total. The topological polar surface area (TPSA) is 64.1 Å². The summed E-state index contributed by atoms with van der Waals surface area (Å²) in [5.74, 6) is 2.44. The molecule has 52 heavy (non-hydrogen) atoms. The van der Waals surface area contributed by atoms with Gasteiger partial charge in [-0.15, -0.1) is 0 Å². The van der Waals surface area contributed by atoms with E-state index in [0.717, 1.165) is 48.5 Å². The number of carbonyl (C=O) groups excluding carboxylic acids is 1. The first-order chi connectivity index (χ1) is 25.2. The minimum Gasteiger partial charge on any atom is -0.493 e. The summed E-state index contributed by atoms with van der Waals surface area (Å²) in [7, 11) is 0. The number of amides is 1. The second kappa shape index (κ2) is 17.6. The molecule has 0 spiro atoms. The lowest BCUT2D eigenvalue weighted by molar-refractivity contribution is -0.127. The maximum absolute atomic E-state index is 13.1. The highest BCUT2D eigenvalue weighted by Gasteiger charge is 2.20. The van der Waals surface area contributed by atoms with E-state index in [2.05, 4.69) is 54.1 Å². The molecule has 0 bridgehead atoms. The first kappa shape index (κ1) is 37.0. The molecule has 0 unspecified atom stereocenters. The number of hydrogen-bond donors (Lipinski definition) is 0. The van der Waals surface area contributed by atoms with Crippen molar-refractivity contribution in [2.45, 2.75) is 40.3 Å². The van der Waals surface area contributed by atoms with Gasteiger partial charge in [-0.05, 0) is 90.6 Å². The highest BCUT2D eigenvalue weighted by atomic mass is 35.5. The number of carbonyl (C=O) groups is 1. The molecule has 5 aromatic rings. The van der Waals surface area contributed by atoms with Gasteiger partial charge in [0.05, 0.1) is 17.8 Å². The van der Waals surface area contributed by atoms with Gasteiger partial charge in [0.15, 0.2) is 5.75 Å². The van der Waals surface area contributed by atoms with Crippen molar-refractivity contribution in [3.05, 3.63) is 152 Å². The Labute approximate surface area is 316 Å². The van der Waals surface area contributed by atoms with Gasteiger partial charge in [0.25, 0.3) is 0 Å². The summed E-state index contributed by atoms with van der Waals surface area (Å²) in [6, 6.07) is 29.7. The lowest BCUT2D eigenvalue weighted by Crippen LogP contribution is -2.47. The summed E-state index contributed by atoms with van der Waals surface area (Å²) in [4.78, 5) is 21.7. The van der Waals surface area contributed by atoms with Crippen LogP contribution < -0.4 is 14.2 Å². The van der Waals surface area contributed by atoms with Gasteiger partial charge in [0, 0.05) is 61.9 Å². The summed E-state index contributed by atoms with van der Waals surface area (Å²) in [6.45, 7) is 11.0. The van der Waals surface area contributed by atoms with Crippen LogP contribution in [0.25, 0.3) is 6.08 Å². The zero-order chi connectivity index (χ0) is 36.5. The van der Waals surface area contributed by atoms with Crippen molar-refractivity contribution in [2.24, 2.45) is 0 Å². The first-order valence-electron chi connectivity index (χ1n) is 17.5. The van der Waals surface area contributed by atoms with Gasteiger partial charge in [-0.2, -0.15) is 0 Å². The molecule has 1 aliphatic heterocycles. The molecule has 0 aliphatic carbocycles. The second-order valence-electron chi connectivity index (χ2n) is 13.0. The van der Waals surface area contributed by atoms with E-state index in [0.29, 0.717) is 53.7 Å². The van der Waals surface area contributed by atoms with Gasteiger partial charge >= 0.3 is 0 Å². The molecule has 268 valence electrons. The van der Waals surface area contributed by atoms with Crippen LogP contribution in [0.5, 0.6) is 23.1 Å². The van der Waals surface area contributed by atoms with Gasteiger partial charge in [0.1, 0.15) is 18.1 Å². The number of benzene rings is 4. The van der Waals surface area contributed by atoms with Crippen LogP contribution in [0.15, 0.2) is 103 Å². The van der Waals surface area contributed by atoms with E-state index in [-0.39, 0.29) is 5.91 Å². The maximum atomic E-state index is 13.1. The summed E-state index contributed by atoms with van der Waals surface area (Å²) in [5, 5.41) is 1.09. The molecule has 6 rings (SSSR count). The van der Waals surface area contributed by atoms with Crippen LogP contribution in [0, 0.1) is 20.8 Å². The van der Waals surface area contributed by atoms with Crippen molar-refractivity contribution in [1.29, 1.82) is 0 Å². The van der Waals surface area contributed by atoms with Crippen molar-refractivity contribution in [2.75, 3.05) is 32.8 Å². The molecule has 1 aromatic heterocycles. The summed E-state index contributed by atoms with van der Waals surface area (Å²) in [5.41, 5.74) is 7.51. The van der Waals surface area contributed by atoms with Crippen molar-refractivity contribution in [3.63, 3.8) is 0 Å². The highest BCUT2D eigenvalue weighted by molar-refractivity contribution is 6.32. The third-order valence-electron chi connectivity index (χ3n) is 9.25. The number of aromatic nitrogens is 1. The highest BCUT2D eigenvalue weighted by Crippen LogP contribution is 2.34. The Morgan fingerprint density at radius 1 is 0.808 bits per heavy atom. The molecule has 0 saturated carbocycles. The number of pyridine rings is 1. The molecule has 9 heteroatoms. The monoisotopic (exact) mass is 735 g/mol. The van der Waals surface area contributed by atoms with Crippen molar-refractivity contribution in [3.8, 4) is 23.1 Å². The van der Waals surface area contributed by atoms with Crippen molar-refractivity contribution < 1.29 is 19.0 Å². The number of nitrogens with zero attached hydrogens (tertiary/aromatic N) is 3. The number of hydrogen-bond acceptors (Lipinski definition) is 6. The van der Waals surface area contributed by atoms with Crippen LogP contribution in [0.1, 0.15) is 38.9 Å². The van der Waals surface area contributed by atoms with Gasteiger partial charge in [-0.1, -0.05) is 77.8 Å². The van der Waals surface area contributed by atoms with Crippen LogP contribution in [-0.4, -0.2) is 53.5 Å². The minimum atomic E-state index is -0.0118. The smallest absolute Gasteiger partial charge is 0.246 e. The molecule has 0 atom stereocenters. The van der Waals surface area contributed by atoms with Crippen molar-refractivity contribution in [1.82, 2.24) is 14.8 Å². The molecule has 1 saturated heterocycles. The van der Waals surface area contributed by atoms with Crippen molar-refractivity contribution >= 4 is 35.2 Å². The fraction of sp³-hybridized carbons (Fsp3) is 0.256. The SMILES string of the molecule is Cc1cccc(OCCc2ccc(CN3CCN(C(=O)C=Cc4cc(C)c(Oc5ccc(OCc6ccccc6Cl)cn5)c(Cl)c4)CC3)cc2)c1C. The summed E-state index contributed by atoms with van der Waals surface area (Å²) in [6.07, 6.45) is 5.88. The Hall–Kier alpha value is -4.82. The van der Waals surface area contributed by atoms with Crippen LogP contribution in [0.3, 0.4) is 0 Å². The van der Waals surface area contributed by atoms with Gasteiger partial charge in [-0.3, -0.25) is 9.69 Å². The third kappa shape index (κ3) is 9.94. The fourth-order valence-corrected chi connectivity index (χ4v) is 6.51.